The average molecular weight is 487 g/mol. The number of Topliss-reactive ketones (excluding diaryl/α,β-unsaturated/α-hetero) is 1. The van der Waals surface area contributed by atoms with E-state index in [0.717, 1.165) is 5.56 Å². The predicted molar refractivity (Wildman–Crippen MR) is 123 cm³/mol. The summed E-state index contributed by atoms with van der Waals surface area (Å²) in [6.07, 6.45) is 0.282. The molecule has 35 heavy (non-hydrogen) atoms. The van der Waals surface area contributed by atoms with E-state index in [0.29, 0.717) is 12.4 Å². The first-order valence-corrected chi connectivity index (χ1v) is 11.2. The van der Waals surface area contributed by atoms with Crippen LogP contribution in [0.5, 0.6) is 0 Å². The number of carbonyl (C=O) groups is 4. The van der Waals surface area contributed by atoms with Crippen molar-refractivity contribution in [2.75, 3.05) is 20.3 Å². The highest BCUT2D eigenvalue weighted by Crippen LogP contribution is 2.29. The minimum absolute atomic E-state index is 0.0141. The molecule has 188 valence electrons. The van der Waals surface area contributed by atoms with Crippen molar-refractivity contribution in [2.45, 2.75) is 50.9 Å². The quantitative estimate of drug-likeness (QED) is 0.363. The lowest BCUT2D eigenvalue weighted by Gasteiger charge is -2.24. The van der Waals surface area contributed by atoms with Crippen molar-refractivity contribution in [2.24, 2.45) is 0 Å². The lowest BCUT2D eigenvalue weighted by atomic mass is 9.94. The van der Waals surface area contributed by atoms with Crippen LogP contribution in [-0.4, -0.2) is 72.7 Å². The Kier molecular flexibility index (Phi) is 8.36. The second-order valence-corrected chi connectivity index (χ2v) is 8.67. The second-order valence-electron chi connectivity index (χ2n) is 8.67. The van der Waals surface area contributed by atoms with E-state index in [4.69, 9.17) is 14.0 Å². The van der Waals surface area contributed by atoms with E-state index in [1.807, 2.05) is 30.3 Å². The van der Waals surface area contributed by atoms with Gasteiger partial charge in [0.25, 0.3) is 5.91 Å². The van der Waals surface area contributed by atoms with Gasteiger partial charge in [0, 0.05) is 13.2 Å². The molecule has 1 aromatic heterocycles. The van der Waals surface area contributed by atoms with E-state index in [1.165, 1.54) is 20.1 Å². The van der Waals surface area contributed by atoms with Crippen LogP contribution in [0.4, 0.5) is 0 Å². The highest BCUT2D eigenvalue weighted by atomic mass is 16.6. The van der Waals surface area contributed by atoms with Gasteiger partial charge in [-0.25, -0.2) is 0 Å². The Morgan fingerprint density at radius 2 is 1.77 bits per heavy atom. The Morgan fingerprint density at radius 3 is 2.34 bits per heavy atom. The lowest BCUT2D eigenvalue weighted by molar-refractivity contribution is -0.133. The molecule has 3 unspecified atom stereocenters. The van der Waals surface area contributed by atoms with E-state index < -0.39 is 41.4 Å². The molecule has 3 rings (SSSR count). The number of rotatable bonds is 12. The predicted octanol–water partition coefficient (Wildman–Crippen LogP) is 0.318. The highest BCUT2D eigenvalue weighted by Gasteiger charge is 2.50. The zero-order valence-corrected chi connectivity index (χ0v) is 20.1. The average Bonchev–Trinajstić information content (AvgIpc) is 3.43. The monoisotopic (exact) mass is 486 g/mol. The van der Waals surface area contributed by atoms with Crippen LogP contribution in [0.1, 0.15) is 35.7 Å². The van der Waals surface area contributed by atoms with Gasteiger partial charge in [-0.15, -0.1) is 0 Å². The minimum atomic E-state index is -1.08. The lowest BCUT2D eigenvalue weighted by Crippen LogP contribution is -2.56. The molecule has 4 atom stereocenters. The van der Waals surface area contributed by atoms with Crippen molar-refractivity contribution >= 4 is 23.5 Å². The van der Waals surface area contributed by atoms with E-state index in [-0.39, 0.29) is 24.5 Å². The van der Waals surface area contributed by atoms with E-state index in [1.54, 1.807) is 13.8 Å². The topological polar surface area (TPSA) is 152 Å². The third-order valence-electron chi connectivity index (χ3n) is 5.58. The summed E-state index contributed by atoms with van der Waals surface area (Å²) in [7, 11) is 1.38. The van der Waals surface area contributed by atoms with Gasteiger partial charge in [0.2, 0.25) is 11.8 Å². The number of carbonyl (C=O) groups excluding carboxylic acids is 4. The fourth-order valence-electron chi connectivity index (χ4n) is 3.41. The molecule has 0 radical (unpaired) electrons. The Labute approximate surface area is 202 Å². The van der Waals surface area contributed by atoms with E-state index in [2.05, 4.69) is 21.1 Å². The number of hydrogen-bond donors (Lipinski definition) is 3. The number of aryl methyl sites for hydroxylation is 1. The first-order chi connectivity index (χ1) is 16.6. The van der Waals surface area contributed by atoms with Crippen LogP contribution in [0.25, 0.3) is 0 Å². The number of epoxide rings is 1. The summed E-state index contributed by atoms with van der Waals surface area (Å²) in [5, 5.41) is 11.4. The Hall–Kier alpha value is -3.57. The summed E-state index contributed by atoms with van der Waals surface area (Å²) in [5.74, 6) is -1.60. The first kappa shape index (κ1) is 26.0. The van der Waals surface area contributed by atoms with Crippen molar-refractivity contribution in [3.05, 3.63) is 53.4 Å². The van der Waals surface area contributed by atoms with Crippen LogP contribution < -0.4 is 16.0 Å². The molecule has 2 aromatic rings. The summed E-state index contributed by atoms with van der Waals surface area (Å²) in [6.45, 7) is 4.96. The molecular formula is C24H30N4O7. The van der Waals surface area contributed by atoms with Crippen LogP contribution in [0.2, 0.25) is 0 Å². The van der Waals surface area contributed by atoms with Gasteiger partial charge in [-0.05, 0) is 32.8 Å². The molecule has 1 aliphatic rings. The Morgan fingerprint density at radius 1 is 1.09 bits per heavy atom. The summed E-state index contributed by atoms with van der Waals surface area (Å²) >= 11 is 0. The van der Waals surface area contributed by atoms with Crippen molar-refractivity contribution < 1.29 is 33.2 Å². The maximum absolute atomic E-state index is 13.0. The van der Waals surface area contributed by atoms with E-state index in [9.17, 15) is 19.2 Å². The molecule has 1 aliphatic heterocycles. The summed E-state index contributed by atoms with van der Waals surface area (Å²) < 4.78 is 15.2. The van der Waals surface area contributed by atoms with Crippen LogP contribution in [-0.2, 0) is 30.3 Å². The SMILES string of the molecule is COCC(NC(=O)c1cc(C)on1)C(=O)N[C@@H](C)C(=O)NC(Cc1ccccc1)C(=O)C1(C)CO1. The number of nitrogens with zero attached hydrogens (tertiary/aromatic N) is 1. The van der Waals surface area contributed by atoms with Gasteiger partial charge in [0.1, 0.15) is 23.4 Å². The van der Waals surface area contributed by atoms with Crippen molar-refractivity contribution in [3.8, 4) is 0 Å². The third kappa shape index (κ3) is 6.96. The second kappa shape index (κ2) is 11.2. The smallest absolute Gasteiger partial charge is 0.274 e. The number of ether oxygens (including phenoxy) is 2. The molecule has 1 saturated heterocycles. The van der Waals surface area contributed by atoms with Gasteiger partial charge in [-0.3, -0.25) is 19.2 Å². The van der Waals surface area contributed by atoms with Gasteiger partial charge in [0.15, 0.2) is 11.5 Å². The standard InChI is InChI=1S/C24H30N4O7/c1-14-10-18(28-35-14)22(31)27-19(12-33-4)23(32)25-15(2)21(30)26-17(20(29)24(3)13-34-24)11-16-8-6-5-7-9-16/h5-10,15,17,19H,11-13H2,1-4H3,(H,25,32)(H,26,30)(H,27,31)/t15-,17?,19?,24?/m0/s1. The molecule has 1 fully saturated rings. The first-order valence-electron chi connectivity index (χ1n) is 11.2. The van der Waals surface area contributed by atoms with Gasteiger partial charge < -0.3 is 29.9 Å². The van der Waals surface area contributed by atoms with Crippen molar-refractivity contribution in [3.63, 3.8) is 0 Å². The molecule has 11 nitrogen and oxygen atoms in total. The van der Waals surface area contributed by atoms with Gasteiger partial charge in [-0.1, -0.05) is 35.5 Å². The summed E-state index contributed by atoms with van der Waals surface area (Å²) in [6, 6.07) is 7.81. The highest BCUT2D eigenvalue weighted by molar-refractivity contribution is 5.99. The molecule has 1 aromatic carbocycles. The largest absolute Gasteiger partial charge is 0.382 e. The number of ketones is 1. The number of amides is 3. The van der Waals surface area contributed by atoms with Crippen LogP contribution >= 0.6 is 0 Å². The summed E-state index contributed by atoms with van der Waals surface area (Å²) in [5.41, 5.74) is -0.0368. The molecule has 0 aliphatic carbocycles. The zero-order chi connectivity index (χ0) is 25.6. The number of aromatic nitrogens is 1. The molecule has 2 heterocycles. The Balaban J connectivity index is 1.62. The summed E-state index contributed by atoms with van der Waals surface area (Å²) in [4.78, 5) is 51.0. The third-order valence-corrected chi connectivity index (χ3v) is 5.58. The van der Waals surface area contributed by atoms with Gasteiger partial charge in [0.05, 0.1) is 19.3 Å². The van der Waals surface area contributed by atoms with Crippen LogP contribution in [0, 0.1) is 6.92 Å². The molecule has 0 bridgehead atoms. The molecule has 3 N–H and O–H groups in total. The number of nitrogens with one attached hydrogen (secondary N) is 3. The fraction of sp³-hybridized carbons (Fsp3) is 0.458. The molecule has 11 heteroatoms. The van der Waals surface area contributed by atoms with E-state index >= 15 is 0 Å². The maximum atomic E-state index is 13.0. The van der Waals surface area contributed by atoms with Crippen molar-refractivity contribution in [1.29, 1.82) is 0 Å². The zero-order valence-electron chi connectivity index (χ0n) is 20.1. The van der Waals surface area contributed by atoms with Gasteiger partial charge >= 0.3 is 0 Å². The Bertz CT molecular complexity index is 1060. The molecular weight excluding hydrogens is 456 g/mol. The van der Waals surface area contributed by atoms with Gasteiger partial charge in [-0.2, -0.15) is 0 Å². The molecule has 0 saturated carbocycles. The maximum Gasteiger partial charge on any atom is 0.274 e. The number of benzene rings is 1. The van der Waals surface area contributed by atoms with Crippen LogP contribution in [0.15, 0.2) is 40.9 Å². The normalized spacial score (nSPS) is 19.2. The number of methoxy groups -OCH3 is 1. The van der Waals surface area contributed by atoms with Crippen LogP contribution in [0.3, 0.4) is 0 Å². The number of hydrogen-bond acceptors (Lipinski definition) is 8. The fourth-order valence-corrected chi connectivity index (χ4v) is 3.41. The molecule has 0 spiro atoms. The van der Waals surface area contributed by atoms with Crippen molar-refractivity contribution in [1.82, 2.24) is 21.1 Å². The molecule has 3 amide bonds. The minimum Gasteiger partial charge on any atom is -0.382 e.